The molecule has 2 saturated heterocycles. The number of ether oxygens (including phenoxy) is 5. The molecule has 15 heteroatoms. The van der Waals surface area contributed by atoms with Gasteiger partial charge < -0.3 is 39.2 Å². The predicted octanol–water partition coefficient (Wildman–Crippen LogP) is 2.82. The zero-order chi connectivity index (χ0) is 30.9. The molecule has 43 heavy (non-hydrogen) atoms. The number of carbonyl (C=O) groups is 1. The number of benzene rings is 2. The van der Waals surface area contributed by atoms with Crippen LogP contribution in [0.2, 0.25) is 0 Å². The lowest BCUT2D eigenvalue weighted by atomic mass is 10.0. The average molecular weight is 629 g/mol. The Labute approximate surface area is 247 Å². The normalized spacial score (nSPS) is 23.7. The predicted molar refractivity (Wildman–Crippen MR) is 145 cm³/mol. The summed E-state index contributed by atoms with van der Waals surface area (Å²) < 4.78 is 80.9. The summed E-state index contributed by atoms with van der Waals surface area (Å²) in [4.78, 5) is 12.7. The van der Waals surface area contributed by atoms with E-state index in [-0.39, 0.29) is 47.8 Å². The van der Waals surface area contributed by atoms with Crippen LogP contribution >= 0.6 is 0 Å². The number of alkyl halides is 2. The molecule has 2 fully saturated rings. The van der Waals surface area contributed by atoms with Gasteiger partial charge >= 0.3 is 12.4 Å². The van der Waals surface area contributed by atoms with E-state index < -0.39 is 59.2 Å². The Balaban J connectivity index is 1.35. The van der Waals surface area contributed by atoms with Gasteiger partial charge in [-0.3, -0.25) is 0 Å². The molecule has 0 aliphatic carbocycles. The van der Waals surface area contributed by atoms with Gasteiger partial charge in [-0.25, -0.2) is 13.2 Å². The number of aromatic hydroxyl groups is 1. The third kappa shape index (κ3) is 7.29. The van der Waals surface area contributed by atoms with Crippen LogP contribution in [0.25, 0.3) is 0 Å². The average Bonchev–Trinajstić information content (AvgIpc) is 3.62. The lowest BCUT2D eigenvalue weighted by Gasteiger charge is -2.31. The molecule has 0 spiro atoms. The number of amides is 1. The number of phenols is 1. The molecule has 236 valence electrons. The number of aliphatic hydroxyl groups is 1. The molecule has 0 radical (unpaired) electrons. The molecule has 5 atom stereocenters. The molecule has 3 aliphatic rings. The third-order valence-corrected chi connectivity index (χ3v) is 9.20. The van der Waals surface area contributed by atoms with E-state index in [4.69, 9.17) is 14.2 Å². The molecule has 2 aromatic carbocycles. The molecule has 3 aliphatic heterocycles. The van der Waals surface area contributed by atoms with Gasteiger partial charge in [0.05, 0.1) is 36.2 Å². The summed E-state index contributed by atoms with van der Waals surface area (Å²) in [7, 11) is -4.33. The number of nitrogens with one attached hydrogen (secondary N) is 1. The van der Waals surface area contributed by atoms with Crippen LogP contribution in [0.15, 0.2) is 47.4 Å². The van der Waals surface area contributed by atoms with E-state index >= 15 is 0 Å². The first kappa shape index (κ1) is 31.2. The number of hydrogen-bond donors (Lipinski definition) is 3. The highest BCUT2D eigenvalue weighted by Crippen LogP contribution is 2.42. The van der Waals surface area contributed by atoms with Crippen molar-refractivity contribution in [3.63, 3.8) is 0 Å². The minimum atomic E-state index is -4.33. The summed E-state index contributed by atoms with van der Waals surface area (Å²) in [6, 6.07) is 8.24. The number of hydrogen-bond acceptors (Lipinski definition) is 10. The highest BCUT2D eigenvalue weighted by molar-refractivity contribution is 7.89. The Morgan fingerprint density at radius 3 is 2.56 bits per heavy atom. The lowest BCUT2D eigenvalue weighted by Crippen LogP contribution is -2.51. The van der Waals surface area contributed by atoms with Gasteiger partial charge in [0.25, 0.3) is 0 Å². The molecule has 12 nitrogen and oxygen atoms in total. The SMILES string of the molecule is CC(C)CN(C[C@@H](O)[C@H](Cc1ccc(O)cc1)NC(=O)O[C@H]1COC2OCCC21)S(=O)(=O)c1ccc2c(c1)OC(F)(F)O2. The van der Waals surface area contributed by atoms with Gasteiger partial charge in [-0.05, 0) is 48.6 Å². The zero-order valence-corrected chi connectivity index (χ0v) is 24.3. The maximum absolute atomic E-state index is 13.7. The van der Waals surface area contributed by atoms with Crippen molar-refractivity contribution in [2.24, 2.45) is 11.8 Å². The summed E-state index contributed by atoms with van der Waals surface area (Å²) in [6.07, 6.45) is -6.42. The van der Waals surface area contributed by atoms with Crippen molar-refractivity contribution in [1.29, 1.82) is 0 Å². The summed E-state index contributed by atoms with van der Waals surface area (Å²) in [6.45, 7) is 3.74. The van der Waals surface area contributed by atoms with Crippen molar-refractivity contribution in [3.8, 4) is 17.2 Å². The Morgan fingerprint density at radius 1 is 1.12 bits per heavy atom. The molecule has 0 aromatic heterocycles. The monoisotopic (exact) mass is 628 g/mol. The fraction of sp³-hybridized carbons (Fsp3) is 0.536. The standard InChI is InChI=1S/C28H34F2N2O10S/c1-16(2)13-32(43(36,37)19-7-8-23-24(12-19)42-28(29,30)41-23)14-22(34)21(11-17-3-5-18(33)6-4-17)31-27(35)40-25-15-39-26-20(25)9-10-38-26/h3-8,12,16,20-22,25-26,33-34H,9-11,13-15H2,1-2H3,(H,31,35)/t20?,21-,22+,25-,26?/m0/s1. The van der Waals surface area contributed by atoms with Crippen LogP contribution in [-0.4, -0.2) is 86.2 Å². The number of nitrogens with zero attached hydrogens (tertiary/aromatic N) is 1. The van der Waals surface area contributed by atoms with Gasteiger partial charge in [0.1, 0.15) is 11.9 Å². The summed E-state index contributed by atoms with van der Waals surface area (Å²) in [5, 5.41) is 23.7. The van der Waals surface area contributed by atoms with Gasteiger partial charge in [0, 0.05) is 19.2 Å². The first-order valence-electron chi connectivity index (χ1n) is 13.9. The Hall–Kier alpha value is -3.24. The van der Waals surface area contributed by atoms with Crippen LogP contribution in [-0.2, 0) is 30.7 Å². The maximum Gasteiger partial charge on any atom is 0.586 e. The van der Waals surface area contributed by atoms with E-state index in [0.29, 0.717) is 18.6 Å². The second-order valence-corrected chi connectivity index (χ2v) is 13.1. The van der Waals surface area contributed by atoms with E-state index in [0.717, 1.165) is 22.5 Å². The van der Waals surface area contributed by atoms with Crippen LogP contribution in [0.4, 0.5) is 13.6 Å². The minimum absolute atomic E-state index is 0.0249. The summed E-state index contributed by atoms with van der Waals surface area (Å²) in [5.74, 6) is -1.01. The van der Waals surface area contributed by atoms with E-state index in [9.17, 15) is 32.2 Å². The van der Waals surface area contributed by atoms with E-state index in [1.54, 1.807) is 26.0 Å². The van der Waals surface area contributed by atoms with E-state index in [1.165, 1.54) is 12.1 Å². The van der Waals surface area contributed by atoms with Gasteiger partial charge in [-0.1, -0.05) is 26.0 Å². The second-order valence-electron chi connectivity index (χ2n) is 11.1. The van der Waals surface area contributed by atoms with Crippen molar-refractivity contribution in [2.45, 2.75) is 62.4 Å². The van der Waals surface area contributed by atoms with Crippen LogP contribution in [0.1, 0.15) is 25.8 Å². The topological polar surface area (TPSA) is 153 Å². The molecule has 0 saturated carbocycles. The quantitative estimate of drug-likeness (QED) is 0.339. The fourth-order valence-electron chi connectivity index (χ4n) is 5.29. The van der Waals surface area contributed by atoms with Crippen molar-refractivity contribution >= 4 is 16.1 Å². The number of carbonyl (C=O) groups excluding carboxylic acids is 1. The van der Waals surface area contributed by atoms with Crippen LogP contribution in [0.5, 0.6) is 17.2 Å². The van der Waals surface area contributed by atoms with Gasteiger partial charge in [0.2, 0.25) is 10.0 Å². The number of halogens is 2. The molecule has 2 aromatic rings. The molecular weight excluding hydrogens is 594 g/mol. The van der Waals surface area contributed by atoms with Gasteiger partial charge in [-0.2, -0.15) is 4.31 Å². The Morgan fingerprint density at radius 2 is 1.84 bits per heavy atom. The number of phenolic OH excluding ortho intramolecular Hbond substituents is 1. The first-order chi connectivity index (χ1) is 20.3. The van der Waals surface area contributed by atoms with E-state index in [1.807, 2.05) is 0 Å². The van der Waals surface area contributed by atoms with Crippen molar-refractivity contribution < 1.29 is 55.9 Å². The number of rotatable bonds is 11. The fourth-order valence-corrected chi connectivity index (χ4v) is 6.93. The molecule has 3 N–H and O–H groups in total. The number of fused-ring (bicyclic) bond motifs is 2. The second kappa shape index (κ2) is 12.4. The van der Waals surface area contributed by atoms with Crippen molar-refractivity contribution in [3.05, 3.63) is 48.0 Å². The third-order valence-electron chi connectivity index (χ3n) is 7.37. The Bertz CT molecular complexity index is 1410. The van der Waals surface area contributed by atoms with Crippen LogP contribution in [0, 0.1) is 11.8 Å². The molecule has 5 rings (SSSR count). The van der Waals surface area contributed by atoms with E-state index in [2.05, 4.69) is 14.8 Å². The number of aliphatic hydroxyl groups excluding tert-OH is 1. The highest BCUT2D eigenvalue weighted by Gasteiger charge is 2.45. The zero-order valence-electron chi connectivity index (χ0n) is 23.5. The minimum Gasteiger partial charge on any atom is -0.508 e. The molecular formula is C28H34F2N2O10S. The van der Waals surface area contributed by atoms with Crippen LogP contribution in [0.3, 0.4) is 0 Å². The van der Waals surface area contributed by atoms with Gasteiger partial charge in [-0.15, -0.1) is 8.78 Å². The first-order valence-corrected chi connectivity index (χ1v) is 15.3. The van der Waals surface area contributed by atoms with Gasteiger partial charge in [0.15, 0.2) is 17.8 Å². The largest absolute Gasteiger partial charge is 0.586 e. The van der Waals surface area contributed by atoms with Crippen molar-refractivity contribution in [1.82, 2.24) is 9.62 Å². The number of alkyl carbamates (subject to hydrolysis) is 1. The summed E-state index contributed by atoms with van der Waals surface area (Å²) in [5.41, 5.74) is 0.644. The maximum atomic E-state index is 13.7. The molecule has 1 amide bonds. The van der Waals surface area contributed by atoms with Crippen LogP contribution < -0.4 is 14.8 Å². The lowest BCUT2D eigenvalue weighted by molar-refractivity contribution is -0.286. The molecule has 2 unspecified atom stereocenters. The molecule has 0 bridgehead atoms. The Kier molecular flexibility index (Phi) is 9.00. The number of sulfonamides is 1. The highest BCUT2D eigenvalue weighted by atomic mass is 32.2. The van der Waals surface area contributed by atoms with Crippen molar-refractivity contribution in [2.75, 3.05) is 26.3 Å². The molecule has 3 heterocycles. The smallest absolute Gasteiger partial charge is 0.508 e. The summed E-state index contributed by atoms with van der Waals surface area (Å²) >= 11 is 0.